The molecule has 0 bridgehead atoms. The number of carbonyl (C=O) groups is 3. The Balaban J connectivity index is 4.69. The molecule has 0 heterocycles. The highest BCUT2D eigenvalue weighted by Crippen LogP contribution is 2.08. The second-order valence-electron chi connectivity index (χ2n) is 14.9. The van der Waals surface area contributed by atoms with Crippen molar-refractivity contribution in [1.82, 2.24) is 0 Å². The smallest absolute Gasteiger partial charge is 0.306 e. The van der Waals surface area contributed by atoms with E-state index in [0.717, 1.165) is 70.6 Å². The largest absolute Gasteiger partial charge is 0.545 e. The van der Waals surface area contributed by atoms with Crippen molar-refractivity contribution in [3.05, 3.63) is 122 Å². The van der Waals surface area contributed by atoms with Crippen molar-refractivity contribution >= 4 is 17.9 Å². The summed E-state index contributed by atoms with van der Waals surface area (Å²) in [4.78, 5) is 36.9. The van der Waals surface area contributed by atoms with E-state index in [-0.39, 0.29) is 32.7 Å². The van der Waals surface area contributed by atoms with Crippen LogP contribution in [0.15, 0.2) is 122 Å². The van der Waals surface area contributed by atoms with E-state index in [2.05, 4.69) is 123 Å². The number of ether oxygens (including phenoxy) is 4. The van der Waals surface area contributed by atoms with Gasteiger partial charge in [0.1, 0.15) is 13.2 Å². The Morgan fingerprint density at radius 1 is 0.508 bits per heavy atom. The molecule has 9 nitrogen and oxygen atoms in total. The van der Waals surface area contributed by atoms with Crippen molar-refractivity contribution < 1.29 is 42.9 Å². The molecule has 330 valence electrons. The summed E-state index contributed by atoms with van der Waals surface area (Å²) in [6.45, 7) is 4.33. The molecule has 0 spiro atoms. The number of likely N-dealkylation sites (N-methyl/N-ethyl adjacent to an activating group) is 1. The molecule has 59 heavy (non-hydrogen) atoms. The molecule has 0 N–H and O–H groups in total. The first kappa shape index (κ1) is 54.7. The summed E-state index contributed by atoms with van der Waals surface area (Å²) in [6, 6.07) is 0. The van der Waals surface area contributed by atoms with Gasteiger partial charge in [-0.15, -0.1) is 0 Å². The fraction of sp³-hybridized carbons (Fsp3) is 0.540. The lowest BCUT2D eigenvalue weighted by atomic mass is 10.2. The quantitative estimate of drug-likeness (QED) is 0.0200. The number of esters is 2. The lowest BCUT2D eigenvalue weighted by molar-refractivity contribution is -0.870. The molecule has 0 aromatic heterocycles. The van der Waals surface area contributed by atoms with Gasteiger partial charge in [0.15, 0.2) is 12.4 Å². The van der Waals surface area contributed by atoms with Crippen molar-refractivity contribution in [3.63, 3.8) is 0 Å². The van der Waals surface area contributed by atoms with Crippen LogP contribution in [0.5, 0.6) is 0 Å². The monoisotopic (exact) mass is 820 g/mol. The SMILES string of the molecule is CC/C=C\C/C=C\C/C=C\C/C=C\C/C=C\CCCC(=O)OC[C@H](COC(OCC[N+](C)(C)C)C(=O)[O-])OC(=O)CCC/C=C\C/C=C\C/C=C\C/C=C\C/C=C\CC. The van der Waals surface area contributed by atoms with Crippen LogP contribution in [-0.4, -0.2) is 82.3 Å². The maximum Gasteiger partial charge on any atom is 0.306 e. The van der Waals surface area contributed by atoms with Crippen molar-refractivity contribution in [2.24, 2.45) is 0 Å². The third-order valence-corrected chi connectivity index (χ3v) is 8.20. The molecule has 0 rings (SSSR count). The Morgan fingerprint density at radius 3 is 1.25 bits per heavy atom. The zero-order valence-electron chi connectivity index (χ0n) is 37.1. The average molecular weight is 820 g/mol. The molecule has 0 amide bonds. The molecule has 0 aliphatic heterocycles. The third-order valence-electron chi connectivity index (χ3n) is 8.20. The Morgan fingerprint density at radius 2 is 0.881 bits per heavy atom. The molecular formula is C50H77NO8. The van der Waals surface area contributed by atoms with Gasteiger partial charge in [-0.25, -0.2) is 0 Å². The number of unbranched alkanes of at least 4 members (excludes halogenated alkanes) is 2. The van der Waals surface area contributed by atoms with E-state index in [1.165, 1.54) is 0 Å². The van der Waals surface area contributed by atoms with Gasteiger partial charge in [0.25, 0.3) is 0 Å². The number of hydrogen-bond acceptors (Lipinski definition) is 8. The number of quaternary nitrogens is 1. The van der Waals surface area contributed by atoms with Gasteiger partial charge in [0.05, 0.1) is 40.3 Å². The summed E-state index contributed by atoms with van der Waals surface area (Å²) < 4.78 is 22.4. The highest BCUT2D eigenvalue weighted by atomic mass is 16.7. The van der Waals surface area contributed by atoms with Gasteiger partial charge in [-0.1, -0.05) is 135 Å². The molecule has 0 saturated heterocycles. The van der Waals surface area contributed by atoms with Gasteiger partial charge in [0, 0.05) is 12.8 Å². The number of hydrogen-bond donors (Lipinski definition) is 0. The molecule has 0 aliphatic carbocycles. The number of allylic oxidation sites excluding steroid dienone is 20. The Labute approximate surface area is 357 Å². The van der Waals surface area contributed by atoms with Gasteiger partial charge in [-0.2, -0.15) is 0 Å². The topological polar surface area (TPSA) is 111 Å². The molecular weight excluding hydrogens is 743 g/mol. The van der Waals surface area contributed by atoms with Crippen LogP contribution in [0.3, 0.4) is 0 Å². The normalized spacial score (nSPS) is 14.1. The number of carboxylic acid groups (broad SMARTS) is 1. The fourth-order valence-corrected chi connectivity index (χ4v) is 4.90. The molecule has 0 saturated carbocycles. The van der Waals surface area contributed by atoms with E-state index in [1.807, 2.05) is 33.3 Å². The minimum Gasteiger partial charge on any atom is -0.545 e. The first-order chi connectivity index (χ1) is 28.6. The van der Waals surface area contributed by atoms with E-state index < -0.39 is 30.3 Å². The fourth-order valence-electron chi connectivity index (χ4n) is 4.90. The Kier molecular flexibility index (Phi) is 37.5. The summed E-state index contributed by atoms with van der Waals surface area (Å²) in [5, 5.41) is 11.7. The summed E-state index contributed by atoms with van der Waals surface area (Å²) in [5.41, 5.74) is 0. The molecule has 0 radical (unpaired) electrons. The van der Waals surface area contributed by atoms with E-state index in [1.54, 1.807) is 0 Å². The summed E-state index contributed by atoms with van der Waals surface area (Å²) in [6.07, 6.45) is 52.5. The van der Waals surface area contributed by atoms with Crippen molar-refractivity contribution in [2.75, 3.05) is 47.5 Å². The van der Waals surface area contributed by atoms with E-state index in [0.29, 0.717) is 30.3 Å². The first-order valence-electron chi connectivity index (χ1n) is 21.7. The van der Waals surface area contributed by atoms with E-state index >= 15 is 0 Å². The average Bonchev–Trinajstić information content (AvgIpc) is 3.19. The zero-order valence-corrected chi connectivity index (χ0v) is 37.1. The van der Waals surface area contributed by atoms with Gasteiger partial charge in [0.2, 0.25) is 0 Å². The number of carboxylic acids is 1. The minimum atomic E-state index is -1.66. The van der Waals surface area contributed by atoms with Crippen LogP contribution in [-0.2, 0) is 33.3 Å². The van der Waals surface area contributed by atoms with Crippen molar-refractivity contribution in [1.29, 1.82) is 0 Å². The maximum absolute atomic E-state index is 12.7. The molecule has 1 unspecified atom stereocenters. The Bertz CT molecular complexity index is 1370. The van der Waals surface area contributed by atoms with Gasteiger partial charge < -0.3 is 33.3 Å². The number of nitrogens with zero attached hydrogens (tertiary/aromatic N) is 1. The van der Waals surface area contributed by atoms with Crippen LogP contribution < -0.4 is 5.11 Å². The van der Waals surface area contributed by atoms with Crippen LogP contribution in [0.2, 0.25) is 0 Å². The number of rotatable bonds is 37. The number of aliphatic carboxylic acids is 1. The summed E-state index contributed by atoms with van der Waals surface area (Å²) >= 11 is 0. The van der Waals surface area contributed by atoms with Crippen LogP contribution in [0.1, 0.15) is 117 Å². The Hall–Kier alpha value is -4.31. The summed E-state index contributed by atoms with van der Waals surface area (Å²) in [7, 11) is 5.85. The minimum absolute atomic E-state index is 0.120. The zero-order chi connectivity index (χ0) is 43.5. The predicted molar refractivity (Wildman–Crippen MR) is 241 cm³/mol. The van der Waals surface area contributed by atoms with Crippen LogP contribution >= 0.6 is 0 Å². The van der Waals surface area contributed by atoms with Gasteiger partial charge in [-0.05, 0) is 89.9 Å². The highest BCUT2D eigenvalue weighted by Gasteiger charge is 2.21. The molecule has 0 aromatic carbocycles. The van der Waals surface area contributed by atoms with Crippen molar-refractivity contribution in [2.45, 2.75) is 129 Å². The van der Waals surface area contributed by atoms with Crippen molar-refractivity contribution in [3.8, 4) is 0 Å². The molecule has 0 aromatic rings. The second-order valence-corrected chi connectivity index (χ2v) is 14.9. The molecule has 9 heteroatoms. The molecule has 0 aliphatic rings. The third kappa shape index (κ3) is 41.6. The lowest BCUT2D eigenvalue weighted by Gasteiger charge is -2.26. The molecule has 0 fully saturated rings. The number of carbonyl (C=O) groups excluding carboxylic acids is 3. The van der Waals surface area contributed by atoms with Gasteiger partial charge in [-0.3, -0.25) is 9.59 Å². The molecule has 2 atom stereocenters. The second kappa shape index (κ2) is 40.5. The van der Waals surface area contributed by atoms with Crippen LogP contribution in [0.4, 0.5) is 0 Å². The standard InChI is InChI=1S/C50H77NO8/c1-6-8-10-12-14-16-18-20-22-24-26-28-30-32-34-36-38-40-47(52)57-44-46(45-58-50(49(54)55)56-43-42-51(3,4)5)59-48(53)41-39-37-35-33-31-29-27-25-23-21-19-17-15-13-11-9-7-2/h8-11,14-17,20-23,26-29,32-35,46,50H,6-7,12-13,18-19,24-25,30-31,36-45H2,1-5H3/b10-8-,11-9-,16-14-,17-15-,22-20-,23-21-,28-26-,29-27-,34-32-,35-33-/t46-,50?/m1/s1. The van der Waals surface area contributed by atoms with E-state index in [4.69, 9.17) is 18.9 Å². The van der Waals surface area contributed by atoms with E-state index in [9.17, 15) is 19.5 Å². The highest BCUT2D eigenvalue weighted by molar-refractivity contribution is 5.70. The van der Waals surface area contributed by atoms with Gasteiger partial charge >= 0.3 is 11.9 Å². The maximum atomic E-state index is 12.7. The lowest BCUT2D eigenvalue weighted by Crippen LogP contribution is -2.44. The van der Waals surface area contributed by atoms with Crippen LogP contribution in [0.25, 0.3) is 0 Å². The summed E-state index contributed by atoms with van der Waals surface area (Å²) in [5.74, 6) is -2.47. The first-order valence-corrected chi connectivity index (χ1v) is 21.7. The van der Waals surface area contributed by atoms with Crippen LogP contribution in [0, 0.1) is 0 Å². The predicted octanol–water partition coefficient (Wildman–Crippen LogP) is 10.1.